The average Bonchev–Trinajstić information content (AvgIpc) is 2.47. The van der Waals surface area contributed by atoms with Gasteiger partial charge in [-0.1, -0.05) is 0 Å². The summed E-state index contributed by atoms with van der Waals surface area (Å²) in [5, 5.41) is 0.484. The highest BCUT2D eigenvalue weighted by Crippen LogP contribution is 2.38. The summed E-state index contributed by atoms with van der Waals surface area (Å²) in [4.78, 5) is 0. The fourth-order valence-corrected chi connectivity index (χ4v) is 2.03. The van der Waals surface area contributed by atoms with Gasteiger partial charge in [0.2, 0.25) is 0 Å². The van der Waals surface area contributed by atoms with Crippen LogP contribution in [-0.4, -0.2) is 15.2 Å². The van der Waals surface area contributed by atoms with Crippen molar-refractivity contribution < 1.29 is 8.78 Å². The van der Waals surface area contributed by atoms with Crippen LogP contribution in [-0.2, 0) is 0 Å². The van der Waals surface area contributed by atoms with Gasteiger partial charge < -0.3 is 0 Å². The van der Waals surface area contributed by atoms with Gasteiger partial charge in [-0.25, -0.2) is 5.43 Å². The Balaban J connectivity index is 3.24. The van der Waals surface area contributed by atoms with Crippen LogP contribution in [0.1, 0.15) is 31.6 Å². The van der Waals surface area contributed by atoms with Gasteiger partial charge >= 0.3 is 5.38 Å². The fraction of sp³-hybridized carbons (Fsp3) is 0.625. The van der Waals surface area contributed by atoms with Crippen LogP contribution in [0.3, 0.4) is 0 Å². The van der Waals surface area contributed by atoms with Crippen molar-refractivity contribution in [1.82, 2.24) is 15.2 Å². The smallest absolute Gasteiger partial charge is 0.271 e. The van der Waals surface area contributed by atoms with E-state index in [0.29, 0.717) is 4.47 Å². The molecule has 1 unspecified atom stereocenters. The van der Waals surface area contributed by atoms with Crippen molar-refractivity contribution in [3.63, 3.8) is 0 Å². The molecule has 0 saturated carbocycles. The molecule has 0 aliphatic rings. The van der Waals surface area contributed by atoms with Gasteiger partial charge in [-0.15, -0.1) is 0 Å². The molecule has 1 atom stereocenters. The molecular weight excluding hydrogens is 305 g/mol. The highest BCUT2D eigenvalue weighted by molar-refractivity contribution is 9.10. The highest BCUT2D eigenvalue weighted by Gasteiger charge is 2.41. The molecule has 1 aromatic rings. The molecule has 0 saturated heterocycles. The number of alkyl halides is 3. The van der Waals surface area contributed by atoms with E-state index in [0.717, 1.165) is 0 Å². The van der Waals surface area contributed by atoms with Gasteiger partial charge in [-0.05, 0) is 41.4 Å². The average molecular weight is 318 g/mol. The van der Waals surface area contributed by atoms with Crippen molar-refractivity contribution in [1.29, 1.82) is 0 Å². The van der Waals surface area contributed by atoms with Gasteiger partial charge in [-0.2, -0.15) is 13.9 Å². The maximum atomic E-state index is 13.1. The summed E-state index contributed by atoms with van der Waals surface area (Å²) < 4.78 is 28.1. The first-order chi connectivity index (χ1) is 7.29. The summed E-state index contributed by atoms with van der Waals surface area (Å²) in [6, 6.07) is -1.58. The van der Waals surface area contributed by atoms with Gasteiger partial charge in [0.15, 0.2) is 0 Å². The van der Waals surface area contributed by atoms with E-state index in [1.54, 1.807) is 0 Å². The first-order valence-corrected chi connectivity index (χ1v) is 5.71. The van der Waals surface area contributed by atoms with Crippen molar-refractivity contribution in [3.8, 4) is 0 Å². The maximum absolute atomic E-state index is 13.1. The molecule has 8 heteroatoms. The number of hydrogen-bond acceptors (Lipinski definition) is 3. The first-order valence-electron chi connectivity index (χ1n) is 4.54. The Bertz CT molecular complexity index is 363. The SMILES string of the molecule is CC(C)n1ncc(Br)c1C(NN)C(F)(F)Cl. The Morgan fingerprint density at radius 1 is 1.62 bits per heavy atom. The lowest BCUT2D eigenvalue weighted by atomic mass is 10.2. The van der Waals surface area contributed by atoms with Crippen LogP contribution in [0.2, 0.25) is 0 Å². The highest BCUT2D eigenvalue weighted by atomic mass is 79.9. The Morgan fingerprint density at radius 2 is 2.19 bits per heavy atom. The zero-order valence-electron chi connectivity index (χ0n) is 8.72. The van der Waals surface area contributed by atoms with Crippen LogP contribution < -0.4 is 11.3 Å². The third-order valence-electron chi connectivity index (χ3n) is 2.04. The monoisotopic (exact) mass is 316 g/mol. The summed E-state index contributed by atoms with van der Waals surface area (Å²) in [5.74, 6) is 5.11. The lowest BCUT2D eigenvalue weighted by Crippen LogP contribution is -2.39. The fourth-order valence-electron chi connectivity index (χ4n) is 1.36. The van der Waals surface area contributed by atoms with Crippen LogP contribution >= 0.6 is 27.5 Å². The van der Waals surface area contributed by atoms with E-state index in [-0.39, 0.29) is 11.7 Å². The quantitative estimate of drug-likeness (QED) is 0.510. The second-order valence-corrected chi connectivity index (χ2v) is 4.92. The third-order valence-corrected chi connectivity index (χ3v) is 2.87. The van der Waals surface area contributed by atoms with Crippen molar-refractivity contribution in [2.24, 2.45) is 5.84 Å². The number of rotatable bonds is 4. The van der Waals surface area contributed by atoms with Gasteiger partial charge in [0.05, 0.1) is 16.4 Å². The van der Waals surface area contributed by atoms with E-state index >= 15 is 0 Å². The molecule has 1 heterocycles. The van der Waals surface area contributed by atoms with Crippen LogP contribution in [0.4, 0.5) is 8.78 Å². The summed E-state index contributed by atoms with van der Waals surface area (Å²) in [5.41, 5.74) is 2.23. The summed E-state index contributed by atoms with van der Waals surface area (Å²) in [6.45, 7) is 3.64. The molecule has 1 rings (SSSR count). The molecule has 0 fully saturated rings. The number of halogens is 4. The second-order valence-electron chi connectivity index (χ2n) is 3.56. The van der Waals surface area contributed by atoms with E-state index in [4.69, 9.17) is 17.4 Å². The summed E-state index contributed by atoms with van der Waals surface area (Å²) in [7, 11) is 0. The van der Waals surface area contributed by atoms with E-state index < -0.39 is 11.4 Å². The number of hydrogen-bond donors (Lipinski definition) is 2. The second kappa shape index (κ2) is 4.95. The molecule has 0 aliphatic carbocycles. The van der Waals surface area contributed by atoms with E-state index in [2.05, 4.69) is 21.0 Å². The van der Waals surface area contributed by atoms with Crippen LogP contribution in [0.5, 0.6) is 0 Å². The molecule has 0 spiro atoms. The largest absolute Gasteiger partial charge is 0.343 e. The first kappa shape index (κ1) is 13.8. The number of nitrogens with one attached hydrogen (secondary N) is 1. The Hall–Kier alpha value is -0.240. The Kier molecular flexibility index (Phi) is 4.28. The van der Waals surface area contributed by atoms with Crippen LogP contribution in [0, 0.1) is 0 Å². The van der Waals surface area contributed by atoms with E-state index in [1.165, 1.54) is 10.9 Å². The van der Waals surface area contributed by atoms with Gasteiger partial charge in [0.25, 0.3) is 0 Å². The van der Waals surface area contributed by atoms with E-state index in [9.17, 15) is 8.78 Å². The lowest BCUT2D eigenvalue weighted by Gasteiger charge is -2.23. The van der Waals surface area contributed by atoms with Crippen LogP contribution in [0.15, 0.2) is 10.7 Å². The lowest BCUT2D eigenvalue weighted by molar-refractivity contribution is 0.0454. The maximum Gasteiger partial charge on any atom is 0.343 e. The van der Waals surface area contributed by atoms with Gasteiger partial charge in [0, 0.05) is 6.04 Å². The molecule has 0 radical (unpaired) electrons. The van der Waals surface area contributed by atoms with E-state index in [1.807, 2.05) is 19.3 Å². The predicted molar refractivity (Wildman–Crippen MR) is 61.2 cm³/mol. The minimum Gasteiger partial charge on any atom is -0.271 e. The summed E-state index contributed by atoms with van der Waals surface area (Å²) in [6.07, 6.45) is 1.43. The third kappa shape index (κ3) is 2.71. The predicted octanol–water partition coefficient (Wildman–Crippen LogP) is 2.56. The van der Waals surface area contributed by atoms with Crippen molar-refractivity contribution in [3.05, 3.63) is 16.4 Å². The van der Waals surface area contributed by atoms with Crippen molar-refractivity contribution >= 4 is 27.5 Å². The molecule has 0 aromatic carbocycles. The molecule has 3 N–H and O–H groups in total. The van der Waals surface area contributed by atoms with Crippen molar-refractivity contribution in [2.75, 3.05) is 0 Å². The molecular formula is C8H12BrClF2N4. The number of nitrogens with zero attached hydrogens (tertiary/aromatic N) is 2. The Labute approximate surface area is 105 Å². The number of nitrogens with two attached hydrogens (primary N) is 1. The zero-order valence-corrected chi connectivity index (χ0v) is 11.1. The zero-order chi connectivity index (χ0) is 12.5. The Morgan fingerprint density at radius 3 is 2.56 bits per heavy atom. The van der Waals surface area contributed by atoms with Gasteiger partial charge in [-0.3, -0.25) is 10.5 Å². The molecule has 1 aromatic heterocycles. The number of aromatic nitrogens is 2. The molecule has 92 valence electrons. The summed E-state index contributed by atoms with van der Waals surface area (Å²) >= 11 is 8.15. The minimum absolute atomic E-state index is 0.0730. The number of hydrazine groups is 1. The van der Waals surface area contributed by atoms with Crippen molar-refractivity contribution in [2.45, 2.75) is 31.3 Å². The molecule has 0 aliphatic heterocycles. The molecule has 4 nitrogen and oxygen atoms in total. The molecule has 0 bridgehead atoms. The molecule has 16 heavy (non-hydrogen) atoms. The van der Waals surface area contributed by atoms with Crippen LogP contribution in [0.25, 0.3) is 0 Å². The minimum atomic E-state index is -3.50. The molecule has 0 amide bonds. The normalized spacial score (nSPS) is 14.5. The standard InChI is InChI=1S/C8H12BrClF2N4/c1-4(2)16-6(5(9)3-14-16)7(15-13)8(10,11)12/h3-4,7,15H,13H2,1-2H3. The topological polar surface area (TPSA) is 55.9 Å². The van der Waals surface area contributed by atoms with Gasteiger partial charge in [0.1, 0.15) is 6.04 Å².